The van der Waals surface area contributed by atoms with Crippen LogP contribution in [0.3, 0.4) is 0 Å². The molecule has 0 saturated heterocycles. The van der Waals surface area contributed by atoms with Crippen LogP contribution in [0.4, 0.5) is 10.1 Å². The largest absolute Gasteiger partial charge is 0.497 e. The Hall–Kier alpha value is -8.68. The molecule has 2 fully saturated rings. The third kappa shape index (κ3) is 22.4. The number of ether oxygens (including phenoxy) is 4. The Morgan fingerprint density at radius 2 is 0.750 bits per heavy atom. The minimum absolute atomic E-state index is 0.0597. The molecule has 7 heteroatoms. The molecular formula is C109H149FN2O4. The fourth-order valence-corrected chi connectivity index (χ4v) is 18.2. The molecule has 0 spiro atoms. The molecule has 1 heterocycles. The van der Waals surface area contributed by atoms with Crippen molar-refractivity contribution in [1.29, 1.82) is 0 Å². The summed E-state index contributed by atoms with van der Waals surface area (Å²) in [5.41, 5.74) is 26.6. The van der Waals surface area contributed by atoms with Crippen LogP contribution in [-0.2, 0) is 37.9 Å². The van der Waals surface area contributed by atoms with E-state index in [4.69, 9.17) is 18.9 Å². The van der Waals surface area contributed by atoms with Crippen molar-refractivity contribution in [3.63, 3.8) is 0 Å². The van der Waals surface area contributed by atoms with Crippen LogP contribution in [0.15, 0.2) is 146 Å². The first-order chi connectivity index (χ1) is 53.6. The summed E-state index contributed by atoms with van der Waals surface area (Å²) in [4.78, 5) is 6.65. The molecule has 3 atom stereocenters. The maximum Gasteiger partial charge on any atom is 0.129 e. The van der Waals surface area contributed by atoms with Gasteiger partial charge in [0.05, 0.1) is 28.4 Å². The smallest absolute Gasteiger partial charge is 0.129 e. The van der Waals surface area contributed by atoms with E-state index in [-0.39, 0.29) is 43.7 Å². The third-order valence-electron chi connectivity index (χ3n) is 24.3. The van der Waals surface area contributed by atoms with Crippen molar-refractivity contribution in [3.8, 4) is 23.0 Å². The number of anilines is 1. The molecule has 2 saturated carbocycles. The molecule has 13 rings (SSSR count). The minimum atomic E-state index is -0.0597. The Morgan fingerprint density at radius 1 is 0.345 bits per heavy atom. The first-order valence-corrected chi connectivity index (χ1v) is 42.5. The van der Waals surface area contributed by atoms with E-state index in [0.29, 0.717) is 0 Å². The highest BCUT2D eigenvalue weighted by atomic mass is 19.1. The molecule has 11 aromatic rings. The van der Waals surface area contributed by atoms with E-state index in [9.17, 15) is 4.39 Å². The van der Waals surface area contributed by atoms with Gasteiger partial charge in [0.2, 0.25) is 0 Å². The van der Waals surface area contributed by atoms with Crippen molar-refractivity contribution in [3.05, 3.63) is 257 Å². The summed E-state index contributed by atoms with van der Waals surface area (Å²) in [6.45, 7) is 70.1. The second kappa shape index (κ2) is 37.5. The van der Waals surface area contributed by atoms with E-state index in [1.165, 1.54) is 141 Å². The molecule has 0 radical (unpaired) electrons. The van der Waals surface area contributed by atoms with Crippen LogP contribution in [-0.4, -0.2) is 47.5 Å². The van der Waals surface area contributed by atoms with Crippen LogP contribution in [0.1, 0.15) is 283 Å². The Morgan fingerprint density at radius 3 is 1.20 bits per heavy atom. The van der Waals surface area contributed by atoms with Crippen LogP contribution in [0, 0.1) is 93.8 Å². The topological polar surface area (TPSA) is 53.1 Å². The fraction of sp³-hybridized carbons (Fsp3) is 0.477. The average Bonchev–Trinajstić information content (AvgIpc) is 1.46. The summed E-state index contributed by atoms with van der Waals surface area (Å²) in [6, 6.07) is 52.1. The standard InChI is InChI=1S/C22H28.C17H23N.2C16H20O.C13H19F.C13H20O2.C12H19N/c1-14-17-7-5-6-8-18(17)20(13-21(14)22(2,3)4)19-12-15-9-10-16(19)11-15;1-12-13-9-7-8-10-14(13)16(18(5)6)11-15(12)17(2,3)4;1-11-12-8-6-7-9-13(12)15(17-5)10-14(11)16(2,3)4;1-11-14(17-5)10-12-8-6-7-9-13(12)15(11)16(2,3)4;1-8-7-11(13(4,5)6)9(2)10(3)12(8)14;1-9-11(13(2,3)4)7-10(14-5)8-12(9)15-6;1-8-7-11(12(4,5)6)9(2)10(3)13-8/h5-8,13,15-16,19H,9-12H2,1-4H3;7-11H,1-6H3;2*6-10H,1-5H3;7H,1-6H3;7-8H,1-6H3;7H,1-6H3. The molecule has 2 bridgehead atoms. The summed E-state index contributed by atoms with van der Waals surface area (Å²) >= 11 is 0. The summed E-state index contributed by atoms with van der Waals surface area (Å²) in [5, 5.41) is 10.8. The van der Waals surface area contributed by atoms with Gasteiger partial charge in [-0.2, -0.15) is 0 Å². The summed E-state index contributed by atoms with van der Waals surface area (Å²) in [7, 11) is 11.1. The number of halogens is 1. The number of nitrogens with zero attached hydrogens (tertiary/aromatic N) is 2. The third-order valence-corrected chi connectivity index (χ3v) is 24.3. The Balaban J connectivity index is 0.000000188. The van der Waals surface area contributed by atoms with Crippen molar-refractivity contribution in [2.24, 2.45) is 11.8 Å². The van der Waals surface area contributed by atoms with E-state index < -0.39 is 0 Å². The Bertz CT molecular complexity index is 5230. The van der Waals surface area contributed by atoms with Gasteiger partial charge in [-0.3, -0.25) is 4.98 Å². The minimum Gasteiger partial charge on any atom is -0.497 e. The second-order valence-electron chi connectivity index (χ2n) is 40.6. The van der Waals surface area contributed by atoms with Crippen LogP contribution < -0.4 is 23.8 Å². The van der Waals surface area contributed by atoms with Crippen molar-refractivity contribution in [1.82, 2.24) is 4.98 Å². The zero-order valence-corrected chi connectivity index (χ0v) is 79.3. The molecule has 2 aliphatic carbocycles. The fourth-order valence-electron chi connectivity index (χ4n) is 18.2. The number of pyridine rings is 1. The first kappa shape index (κ1) is 94.5. The van der Waals surface area contributed by atoms with E-state index in [1.807, 2.05) is 32.9 Å². The first-order valence-electron chi connectivity index (χ1n) is 42.5. The maximum atomic E-state index is 13.6. The number of aryl methyl sites for hydroxylation is 6. The molecule has 0 N–H and O–H groups in total. The zero-order valence-electron chi connectivity index (χ0n) is 79.3. The van der Waals surface area contributed by atoms with Crippen molar-refractivity contribution < 1.29 is 23.3 Å². The number of methoxy groups -OCH3 is 4. The molecule has 0 amide bonds. The van der Waals surface area contributed by atoms with Gasteiger partial charge in [-0.15, -0.1) is 0 Å². The number of aromatic nitrogens is 1. The predicted octanol–water partition coefficient (Wildman–Crippen LogP) is 30.4. The summed E-state index contributed by atoms with van der Waals surface area (Å²) in [6.07, 6.45) is 5.86. The average molecular weight is 1570 g/mol. The molecule has 116 heavy (non-hydrogen) atoms. The number of fused-ring (bicyclic) bond motifs is 6. The molecule has 6 nitrogen and oxygen atoms in total. The van der Waals surface area contributed by atoms with Gasteiger partial charge >= 0.3 is 0 Å². The number of hydrogen-bond donors (Lipinski definition) is 0. The highest BCUT2D eigenvalue weighted by Gasteiger charge is 2.41. The molecule has 1 aromatic heterocycles. The van der Waals surface area contributed by atoms with Crippen LogP contribution >= 0.6 is 0 Å². The van der Waals surface area contributed by atoms with Crippen LogP contribution in [0.25, 0.3) is 43.1 Å². The number of rotatable bonds is 6. The van der Waals surface area contributed by atoms with Crippen LogP contribution in [0.2, 0.25) is 0 Å². The lowest BCUT2D eigenvalue weighted by molar-refractivity contribution is 0.388. The SMILES string of the molecule is COc1cc(C(C)(C)C)c(C)c2ccccc12.COc1cc(OC)c(C)c(C(C)(C)C)c1.COc1cc2ccccc2c(C(C)(C)C)c1C.Cc1c(C(C)(C)C)cc(C2CC3CCC2C3)c2ccccc12.Cc1c(C(C)(C)C)cc(N(C)C)c2ccccc12.Cc1cc(C(C)(C)C)c(C)c(C)c1F.Cc1cc(C(C)(C)C)c(C)c(C)n1. The molecular weight excluding hydrogens is 1420 g/mol. The van der Waals surface area contributed by atoms with Crippen molar-refractivity contribution in [2.45, 2.75) is 291 Å². The summed E-state index contributed by atoms with van der Waals surface area (Å²) in [5.74, 6) is 6.39. The lowest BCUT2D eigenvalue weighted by Crippen LogP contribution is -2.16. The second-order valence-corrected chi connectivity index (χ2v) is 40.6. The Kier molecular flexibility index (Phi) is 30.5. The van der Waals surface area contributed by atoms with Gasteiger partial charge in [0, 0.05) is 48.0 Å². The normalized spacial score (nSPS) is 14.8. The molecule has 3 unspecified atom stereocenters. The predicted molar refractivity (Wildman–Crippen MR) is 505 cm³/mol. The van der Waals surface area contributed by atoms with Crippen molar-refractivity contribution >= 4 is 48.8 Å². The Labute approximate surface area is 703 Å². The molecule has 2 aliphatic rings. The molecule has 0 aliphatic heterocycles. The van der Waals surface area contributed by atoms with Gasteiger partial charge in [-0.05, 0) is 308 Å². The maximum absolute atomic E-state index is 13.6. The molecule has 10 aromatic carbocycles. The van der Waals surface area contributed by atoms with E-state index in [2.05, 4.69) is 358 Å². The van der Waals surface area contributed by atoms with Gasteiger partial charge in [0.25, 0.3) is 0 Å². The lowest BCUT2D eigenvalue weighted by Gasteiger charge is -2.29. The quantitative estimate of drug-likeness (QED) is 0.165. The van der Waals surface area contributed by atoms with Gasteiger partial charge in [0.15, 0.2) is 0 Å². The van der Waals surface area contributed by atoms with E-state index in [1.54, 1.807) is 39.6 Å². The highest BCUT2D eigenvalue weighted by molar-refractivity contribution is 5.98. The number of benzene rings is 10. The monoisotopic (exact) mass is 1570 g/mol. The lowest BCUT2D eigenvalue weighted by atomic mass is 9.76. The molecule has 626 valence electrons. The summed E-state index contributed by atoms with van der Waals surface area (Å²) < 4.78 is 35.2. The van der Waals surface area contributed by atoms with E-state index in [0.717, 1.165) is 68.8 Å². The van der Waals surface area contributed by atoms with Gasteiger partial charge in [0.1, 0.15) is 28.8 Å². The van der Waals surface area contributed by atoms with Crippen LogP contribution in [0.5, 0.6) is 23.0 Å². The highest BCUT2D eigenvalue weighted by Crippen LogP contribution is 2.55. The van der Waals surface area contributed by atoms with Crippen molar-refractivity contribution in [2.75, 3.05) is 47.4 Å². The van der Waals surface area contributed by atoms with Gasteiger partial charge in [-0.25, -0.2) is 4.39 Å². The zero-order chi connectivity index (χ0) is 87.2. The van der Waals surface area contributed by atoms with Gasteiger partial charge < -0.3 is 23.8 Å². The van der Waals surface area contributed by atoms with E-state index >= 15 is 0 Å². The van der Waals surface area contributed by atoms with Gasteiger partial charge in [-0.1, -0.05) is 261 Å². The number of hydrogen-bond acceptors (Lipinski definition) is 6.